The summed E-state index contributed by atoms with van der Waals surface area (Å²) in [5.41, 5.74) is 2.46. The fourth-order valence-electron chi connectivity index (χ4n) is 4.33. The standard InChI is InChI=1S/C19H20N6O2/c1-3-18(26)25-13-4-5-15(25)17(8-13)27-19-16-6-7-20-24(16)11-14(22-19)12-9-21-23(2)10-12/h3,6-7,9-11,13,15,17H,1,4-5,8H2,2H3/t13-,15+,17+/m1/s1. The van der Waals surface area contributed by atoms with E-state index in [9.17, 15) is 4.79 Å². The van der Waals surface area contributed by atoms with Crippen molar-refractivity contribution in [3.63, 3.8) is 0 Å². The average molecular weight is 364 g/mol. The first-order valence-electron chi connectivity index (χ1n) is 9.09. The van der Waals surface area contributed by atoms with Gasteiger partial charge < -0.3 is 9.64 Å². The number of fused-ring (bicyclic) bond motifs is 3. The fraction of sp³-hybridized carbons (Fsp3) is 0.368. The molecule has 0 N–H and O–H groups in total. The molecule has 0 radical (unpaired) electrons. The Bertz CT molecular complexity index is 1040. The second-order valence-electron chi connectivity index (χ2n) is 7.14. The summed E-state index contributed by atoms with van der Waals surface area (Å²) >= 11 is 0. The summed E-state index contributed by atoms with van der Waals surface area (Å²) in [5.74, 6) is 0.526. The Hall–Kier alpha value is -3.16. The van der Waals surface area contributed by atoms with E-state index in [4.69, 9.17) is 9.72 Å². The molecule has 2 bridgehead atoms. The van der Waals surface area contributed by atoms with Gasteiger partial charge in [0.15, 0.2) is 0 Å². The predicted octanol–water partition coefficient (Wildman–Crippen LogP) is 1.83. The Morgan fingerprint density at radius 2 is 2.22 bits per heavy atom. The maximum Gasteiger partial charge on any atom is 0.246 e. The minimum Gasteiger partial charge on any atom is -0.471 e. The molecule has 3 aromatic rings. The highest BCUT2D eigenvalue weighted by molar-refractivity contribution is 5.88. The van der Waals surface area contributed by atoms with Gasteiger partial charge in [0.05, 0.1) is 30.3 Å². The topological polar surface area (TPSA) is 77.6 Å². The van der Waals surface area contributed by atoms with Crippen LogP contribution in [0.5, 0.6) is 5.88 Å². The van der Waals surface area contributed by atoms with E-state index in [1.54, 1.807) is 21.6 Å². The molecular formula is C19H20N6O2. The summed E-state index contributed by atoms with van der Waals surface area (Å²) in [5, 5.41) is 8.56. The minimum absolute atomic E-state index is 0.0137. The largest absolute Gasteiger partial charge is 0.471 e. The molecule has 8 nitrogen and oxygen atoms in total. The van der Waals surface area contributed by atoms with Crippen molar-refractivity contribution in [3.05, 3.63) is 43.5 Å². The van der Waals surface area contributed by atoms with Crippen LogP contribution in [0.25, 0.3) is 16.8 Å². The van der Waals surface area contributed by atoms with Crippen molar-refractivity contribution in [2.75, 3.05) is 0 Å². The second kappa shape index (κ2) is 5.94. The minimum atomic E-state index is -0.0667. The van der Waals surface area contributed by atoms with E-state index in [0.717, 1.165) is 36.0 Å². The Morgan fingerprint density at radius 3 is 3.00 bits per heavy atom. The van der Waals surface area contributed by atoms with E-state index in [0.29, 0.717) is 5.88 Å². The molecule has 0 aliphatic carbocycles. The SMILES string of the molecule is C=CC(=O)N1[C@@H]2CC[C@H]1[C@@H](Oc1nc(-c3cnn(C)c3)cn3nccc13)C2. The third-order valence-corrected chi connectivity index (χ3v) is 5.53. The average Bonchev–Trinajstić information content (AvgIpc) is 3.43. The van der Waals surface area contributed by atoms with E-state index in [1.807, 2.05) is 30.4 Å². The zero-order valence-corrected chi connectivity index (χ0v) is 15.0. The van der Waals surface area contributed by atoms with Crippen LogP contribution in [0, 0.1) is 0 Å². The molecule has 0 spiro atoms. The number of rotatable bonds is 4. The molecule has 0 saturated carbocycles. The summed E-state index contributed by atoms with van der Waals surface area (Å²) in [6.45, 7) is 3.63. The maximum absolute atomic E-state index is 12.2. The molecule has 2 fully saturated rings. The van der Waals surface area contributed by atoms with Crippen LogP contribution in [0.2, 0.25) is 0 Å². The van der Waals surface area contributed by atoms with Crippen LogP contribution in [-0.2, 0) is 11.8 Å². The second-order valence-corrected chi connectivity index (χ2v) is 7.14. The molecule has 3 aromatic heterocycles. The lowest BCUT2D eigenvalue weighted by atomic mass is 9.98. The van der Waals surface area contributed by atoms with Crippen LogP contribution in [0.1, 0.15) is 19.3 Å². The van der Waals surface area contributed by atoms with Crippen LogP contribution in [-0.4, -0.2) is 53.4 Å². The maximum atomic E-state index is 12.2. The summed E-state index contributed by atoms with van der Waals surface area (Å²) in [6.07, 6.45) is 11.4. The van der Waals surface area contributed by atoms with Crippen molar-refractivity contribution in [1.82, 2.24) is 29.3 Å². The van der Waals surface area contributed by atoms with Crippen molar-refractivity contribution >= 4 is 11.4 Å². The van der Waals surface area contributed by atoms with Crippen LogP contribution < -0.4 is 4.74 Å². The number of nitrogens with zero attached hydrogens (tertiary/aromatic N) is 6. The van der Waals surface area contributed by atoms with Crippen LogP contribution in [0.4, 0.5) is 0 Å². The van der Waals surface area contributed by atoms with Gasteiger partial charge in [0, 0.05) is 31.3 Å². The molecule has 2 aliphatic rings. The Kier molecular flexibility index (Phi) is 3.53. The van der Waals surface area contributed by atoms with E-state index < -0.39 is 0 Å². The number of hydrogen-bond donors (Lipinski definition) is 0. The molecule has 8 heteroatoms. The highest BCUT2D eigenvalue weighted by Gasteiger charge is 2.49. The van der Waals surface area contributed by atoms with Crippen LogP contribution in [0.3, 0.4) is 0 Å². The summed E-state index contributed by atoms with van der Waals surface area (Å²) < 4.78 is 9.85. The number of amides is 1. The molecule has 2 saturated heterocycles. The monoisotopic (exact) mass is 364 g/mol. The number of aryl methyl sites for hydroxylation is 1. The first-order valence-corrected chi connectivity index (χ1v) is 9.09. The molecule has 0 unspecified atom stereocenters. The van der Waals surface area contributed by atoms with E-state index in [2.05, 4.69) is 16.8 Å². The molecule has 0 aromatic carbocycles. The lowest BCUT2D eigenvalue weighted by Crippen LogP contribution is -2.38. The molecule has 3 atom stereocenters. The van der Waals surface area contributed by atoms with Crippen molar-refractivity contribution in [2.24, 2.45) is 7.05 Å². The first kappa shape index (κ1) is 16.0. The van der Waals surface area contributed by atoms with Gasteiger partial charge in [-0.15, -0.1) is 0 Å². The Morgan fingerprint density at radius 1 is 1.33 bits per heavy atom. The van der Waals surface area contributed by atoms with Gasteiger partial charge in [-0.25, -0.2) is 9.50 Å². The lowest BCUT2D eigenvalue weighted by Gasteiger charge is -2.24. The molecule has 2 aliphatic heterocycles. The lowest BCUT2D eigenvalue weighted by molar-refractivity contribution is -0.127. The quantitative estimate of drug-likeness (QED) is 0.660. The molecular weight excluding hydrogens is 344 g/mol. The van der Waals surface area contributed by atoms with E-state index >= 15 is 0 Å². The molecule has 1 amide bonds. The number of hydrogen-bond acceptors (Lipinski definition) is 5. The zero-order chi connectivity index (χ0) is 18.5. The van der Waals surface area contributed by atoms with Crippen LogP contribution in [0.15, 0.2) is 43.5 Å². The van der Waals surface area contributed by atoms with Crippen molar-refractivity contribution in [2.45, 2.75) is 37.5 Å². The molecule has 27 heavy (non-hydrogen) atoms. The van der Waals surface area contributed by atoms with Crippen molar-refractivity contribution < 1.29 is 9.53 Å². The van der Waals surface area contributed by atoms with Gasteiger partial charge in [-0.05, 0) is 25.0 Å². The number of aromatic nitrogens is 5. The fourth-order valence-corrected chi connectivity index (χ4v) is 4.33. The van der Waals surface area contributed by atoms with Crippen LogP contribution >= 0.6 is 0 Å². The zero-order valence-electron chi connectivity index (χ0n) is 15.0. The van der Waals surface area contributed by atoms with Gasteiger partial charge >= 0.3 is 0 Å². The van der Waals surface area contributed by atoms with Gasteiger partial charge in [-0.3, -0.25) is 9.48 Å². The number of ether oxygens (including phenoxy) is 1. The van der Waals surface area contributed by atoms with Gasteiger partial charge in [-0.2, -0.15) is 10.2 Å². The first-order chi connectivity index (χ1) is 13.1. The van der Waals surface area contributed by atoms with Crippen molar-refractivity contribution in [3.8, 4) is 17.1 Å². The summed E-state index contributed by atoms with van der Waals surface area (Å²) in [4.78, 5) is 18.9. The third-order valence-electron chi connectivity index (χ3n) is 5.53. The summed E-state index contributed by atoms with van der Waals surface area (Å²) in [7, 11) is 1.87. The smallest absolute Gasteiger partial charge is 0.246 e. The molecule has 5 heterocycles. The van der Waals surface area contributed by atoms with Gasteiger partial charge in [-0.1, -0.05) is 6.58 Å². The van der Waals surface area contributed by atoms with Gasteiger partial charge in [0.1, 0.15) is 11.6 Å². The molecule has 138 valence electrons. The van der Waals surface area contributed by atoms with Gasteiger partial charge in [0.25, 0.3) is 0 Å². The van der Waals surface area contributed by atoms with Gasteiger partial charge in [0.2, 0.25) is 11.8 Å². The Labute approximate surface area is 156 Å². The predicted molar refractivity (Wildman–Crippen MR) is 98.1 cm³/mol. The van der Waals surface area contributed by atoms with E-state index in [-0.39, 0.29) is 24.1 Å². The Balaban J connectivity index is 1.49. The number of carbonyl (C=O) groups excluding carboxylic acids is 1. The van der Waals surface area contributed by atoms with E-state index in [1.165, 1.54) is 6.08 Å². The highest BCUT2D eigenvalue weighted by Crippen LogP contribution is 2.40. The number of carbonyl (C=O) groups is 1. The molecule has 5 rings (SSSR count). The summed E-state index contributed by atoms with van der Waals surface area (Å²) in [6, 6.07) is 2.19. The normalized spacial score (nSPS) is 23.9. The highest BCUT2D eigenvalue weighted by atomic mass is 16.5. The van der Waals surface area contributed by atoms with Crippen molar-refractivity contribution in [1.29, 1.82) is 0 Å². The third kappa shape index (κ3) is 2.51.